The van der Waals surface area contributed by atoms with E-state index < -0.39 is 10.8 Å². The first-order chi connectivity index (χ1) is 12.9. The molecule has 1 saturated heterocycles. The fourth-order valence-corrected chi connectivity index (χ4v) is 4.31. The fourth-order valence-electron chi connectivity index (χ4n) is 3.09. The third-order valence-electron chi connectivity index (χ3n) is 4.40. The maximum atomic E-state index is 12.5. The quantitative estimate of drug-likeness (QED) is 0.453. The summed E-state index contributed by atoms with van der Waals surface area (Å²) in [4.78, 5) is 25.6. The van der Waals surface area contributed by atoms with Crippen LogP contribution in [0, 0.1) is 10.1 Å². The summed E-state index contributed by atoms with van der Waals surface area (Å²) in [6.45, 7) is 1.57. The number of nitrogens with one attached hydrogen (secondary N) is 1. The largest absolute Gasteiger partial charge is 0.506 e. The number of hydrogen-bond donors (Lipinski definition) is 2. The summed E-state index contributed by atoms with van der Waals surface area (Å²) in [5.41, 5.74) is 0.863. The second-order valence-electron chi connectivity index (χ2n) is 6.25. The molecule has 2 aromatic carbocycles. The predicted molar refractivity (Wildman–Crippen MR) is 111 cm³/mol. The van der Waals surface area contributed by atoms with Gasteiger partial charge < -0.3 is 15.3 Å². The molecule has 142 valence electrons. The monoisotopic (exact) mass is 497 g/mol. The van der Waals surface area contributed by atoms with Gasteiger partial charge in [-0.2, -0.15) is 0 Å². The van der Waals surface area contributed by atoms with Crippen LogP contribution in [0.25, 0.3) is 0 Å². The van der Waals surface area contributed by atoms with E-state index in [-0.39, 0.29) is 17.0 Å². The molecule has 2 N–H and O–H groups in total. The summed E-state index contributed by atoms with van der Waals surface area (Å²) < 4.78 is 0.984. The number of phenolic OH excluding ortho intramolecular Hbond substituents is 1. The fraction of sp³-hybridized carbons (Fsp3) is 0.278. The van der Waals surface area contributed by atoms with Gasteiger partial charge in [0.05, 0.1) is 15.0 Å². The second kappa shape index (κ2) is 8.26. The van der Waals surface area contributed by atoms with Gasteiger partial charge in [0.1, 0.15) is 11.4 Å². The Hall–Kier alpha value is -2.13. The number of piperidine rings is 1. The highest BCUT2D eigenvalue weighted by Crippen LogP contribution is 2.35. The molecule has 0 atom stereocenters. The molecule has 1 aliphatic heterocycles. The zero-order valence-corrected chi connectivity index (χ0v) is 17.4. The van der Waals surface area contributed by atoms with E-state index in [2.05, 4.69) is 37.2 Å². The number of nitro benzene ring substituents is 1. The number of halogens is 2. The number of carbonyl (C=O) groups excluding carboxylic acids is 1. The predicted octanol–water partition coefficient (Wildman–Crippen LogP) is 5.07. The summed E-state index contributed by atoms with van der Waals surface area (Å²) in [6.07, 6.45) is 3.14. The van der Waals surface area contributed by atoms with Crippen LogP contribution in [-0.4, -0.2) is 29.0 Å². The van der Waals surface area contributed by atoms with E-state index in [9.17, 15) is 20.0 Å². The third kappa shape index (κ3) is 4.41. The number of aromatic hydroxyl groups is 1. The first-order valence-electron chi connectivity index (χ1n) is 8.39. The van der Waals surface area contributed by atoms with E-state index in [4.69, 9.17) is 0 Å². The summed E-state index contributed by atoms with van der Waals surface area (Å²) in [5, 5.41) is 24.2. The maximum Gasteiger partial charge on any atom is 0.294 e. The SMILES string of the molecule is O=C(Nc1ccc(N2CCCCC2)c([N+](=O)[O-])c1)c1cc(Br)cc(Br)c1O. The van der Waals surface area contributed by atoms with Gasteiger partial charge in [0.2, 0.25) is 0 Å². The highest BCUT2D eigenvalue weighted by molar-refractivity contribution is 9.11. The number of nitrogens with zero attached hydrogens (tertiary/aromatic N) is 2. The van der Waals surface area contributed by atoms with Crippen LogP contribution >= 0.6 is 31.9 Å². The Morgan fingerprint density at radius 1 is 1.15 bits per heavy atom. The number of anilines is 2. The van der Waals surface area contributed by atoms with Gasteiger partial charge in [-0.25, -0.2) is 0 Å². The van der Waals surface area contributed by atoms with Gasteiger partial charge >= 0.3 is 0 Å². The molecule has 1 aliphatic rings. The van der Waals surface area contributed by atoms with Crippen LogP contribution in [0.2, 0.25) is 0 Å². The Kier molecular flexibility index (Phi) is 6.01. The normalized spacial score (nSPS) is 14.1. The topological polar surface area (TPSA) is 95.7 Å². The lowest BCUT2D eigenvalue weighted by molar-refractivity contribution is -0.384. The zero-order valence-electron chi connectivity index (χ0n) is 14.2. The first kappa shape index (κ1) is 19.6. The first-order valence-corrected chi connectivity index (χ1v) is 9.98. The summed E-state index contributed by atoms with van der Waals surface area (Å²) in [5.74, 6) is -0.760. The molecule has 27 heavy (non-hydrogen) atoms. The van der Waals surface area contributed by atoms with Crippen molar-refractivity contribution in [3.8, 4) is 5.75 Å². The van der Waals surface area contributed by atoms with Crippen LogP contribution < -0.4 is 10.2 Å². The number of nitro groups is 1. The average Bonchev–Trinajstić information content (AvgIpc) is 2.65. The van der Waals surface area contributed by atoms with Crippen molar-refractivity contribution in [3.63, 3.8) is 0 Å². The smallest absolute Gasteiger partial charge is 0.294 e. The van der Waals surface area contributed by atoms with E-state index in [1.807, 2.05) is 4.90 Å². The zero-order chi connectivity index (χ0) is 19.6. The van der Waals surface area contributed by atoms with Crippen molar-refractivity contribution in [1.82, 2.24) is 0 Å². The van der Waals surface area contributed by atoms with Crippen molar-refractivity contribution in [2.45, 2.75) is 19.3 Å². The molecule has 1 heterocycles. The van der Waals surface area contributed by atoms with Crippen molar-refractivity contribution in [2.24, 2.45) is 0 Å². The number of rotatable bonds is 4. The molecule has 0 spiro atoms. The molecule has 7 nitrogen and oxygen atoms in total. The summed E-state index contributed by atoms with van der Waals surface area (Å²) >= 11 is 6.45. The molecule has 0 aromatic heterocycles. The maximum absolute atomic E-state index is 12.5. The van der Waals surface area contributed by atoms with Gasteiger partial charge in [-0.3, -0.25) is 14.9 Å². The van der Waals surface area contributed by atoms with E-state index >= 15 is 0 Å². The van der Waals surface area contributed by atoms with Crippen LogP contribution in [-0.2, 0) is 0 Å². The number of phenols is 1. The highest BCUT2D eigenvalue weighted by Gasteiger charge is 2.23. The lowest BCUT2D eigenvalue weighted by Gasteiger charge is -2.28. The van der Waals surface area contributed by atoms with Gasteiger partial charge in [-0.05, 0) is 59.5 Å². The Morgan fingerprint density at radius 2 is 1.85 bits per heavy atom. The molecule has 3 rings (SSSR count). The number of carbonyl (C=O) groups is 1. The molecule has 0 radical (unpaired) electrons. The van der Waals surface area contributed by atoms with Crippen molar-refractivity contribution in [1.29, 1.82) is 0 Å². The van der Waals surface area contributed by atoms with Crippen LogP contribution in [0.15, 0.2) is 39.3 Å². The van der Waals surface area contributed by atoms with Gasteiger partial charge in [-0.1, -0.05) is 15.9 Å². The molecule has 0 saturated carbocycles. The lowest BCUT2D eigenvalue weighted by Crippen LogP contribution is -2.30. The highest BCUT2D eigenvalue weighted by atomic mass is 79.9. The van der Waals surface area contributed by atoms with Crippen molar-refractivity contribution in [3.05, 3.63) is 55.0 Å². The second-order valence-corrected chi connectivity index (χ2v) is 8.02. The Balaban J connectivity index is 1.88. The number of amides is 1. The van der Waals surface area contributed by atoms with Crippen LogP contribution in [0.3, 0.4) is 0 Å². The Morgan fingerprint density at radius 3 is 2.52 bits per heavy atom. The molecule has 1 amide bonds. The minimum absolute atomic E-state index is 0.0469. The summed E-state index contributed by atoms with van der Waals surface area (Å²) in [7, 11) is 0. The van der Waals surface area contributed by atoms with E-state index in [1.54, 1.807) is 18.2 Å². The van der Waals surface area contributed by atoms with Gasteiger partial charge in [-0.15, -0.1) is 0 Å². The van der Waals surface area contributed by atoms with Crippen LogP contribution in [0.5, 0.6) is 5.75 Å². The van der Waals surface area contributed by atoms with Crippen molar-refractivity contribution >= 4 is 54.8 Å². The van der Waals surface area contributed by atoms with Gasteiger partial charge in [0, 0.05) is 29.3 Å². The molecule has 2 aromatic rings. The Labute approximate surface area is 172 Å². The minimum atomic E-state index is -0.561. The van der Waals surface area contributed by atoms with Gasteiger partial charge in [0.25, 0.3) is 11.6 Å². The molecule has 0 aliphatic carbocycles. The van der Waals surface area contributed by atoms with Gasteiger partial charge in [0.15, 0.2) is 0 Å². The lowest BCUT2D eigenvalue weighted by atomic mass is 10.1. The number of benzene rings is 2. The molecular formula is C18H17Br2N3O4. The van der Waals surface area contributed by atoms with E-state index in [1.165, 1.54) is 12.1 Å². The summed E-state index contributed by atoms with van der Waals surface area (Å²) in [6, 6.07) is 7.75. The van der Waals surface area contributed by atoms with Crippen LogP contribution in [0.4, 0.5) is 17.1 Å². The molecule has 0 bridgehead atoms. The molecule has 9 heteroatoms. The van der Waals surface area contributed by atoms with E-state index in [0.29, 0.717) is 20.3 Å². The van der Waals surface area contributed by atoms with Crippen molar-refractivity contribution in [2.75, 3.05) is 23.3 Å². The standard InChI is InChI=1S/C18H17Br2N3O4/c19-11-8-13(17(24)14(20)9-11)18(25)21-12-4-5-15(16(10-12)23(26)27)22-6-2-1-3-7-22/h4-5,8-10,24H,1-3,6-7H2,(H,21,25). The molecule has 1 fully saturated rings. The minimum Gasteiger partial charge on any atom is -0.506 e. The third-order valence-corrected chi connectivity index (χ3v) is 5.46. The molecule has 0 unspecified atom stereocenters. The Bertz CT molecular complexity index is 898. The number of hydrogen-bond acceptors (Lipinski definition) is 5. The van der Waals surface area contributed by atoms with Crippen molar-refractivity contribution < 1.29 is 14.8 Å². The average molecular weight is 499 g/mol. The van der Waals surface area contributed by atoms with E-state index in [0.717, 1.165) is 32.4 Å². The molecular weight excluding hydrogens is 482 g/mol. The van der Waals surface area contributed by atoms with Crippen LogP contribution in [0.1, 0.15) is 29.6 Å².